The van der Waals surface area contributed by atoms with Gasteiger partial charge in [0.2, 0.25) is 0 Å². The van der Waals surface area contributed by atoms with Crippen molar-refractivity contribution in [1.82, 2.24) is 0 Å². The first-order valence-electron chi connectivity index (χ1n) is 8.82. The van der Waals surface area contributed by atoms with Gasteiger partial charge in [-0.15, -0.1) is 0 Å². The first kappa shape index (κ1) is 17.5. The largest absolute Gasteiger partial charge is 0.478 e. The summed E-state index contributed by atoms with van der Waals surface area (Å²) in [6.45, 7) is 4.15. The molecule has 0 spiro atoms. The second kappa shape index (κ2) is 8.71. The summed E-state index contributed by atoms with van der Waals surface area (Å²) < 4.78 is 0. The van der Waals surface area contributed by atoms with E-state index in [1.807, 2.05) is 25.1 Å². The molecule has 1 aliphatic rings. The molecule has 0 aliphatic heterocycles. The monoisotopic (exact) mass is 312 g/mol. The SMILES string of the molecule is CC=CC=C(C(=O)O)c1ccc(C2CCC(CCC)CC2)cc1. The molecule has 0 bridgehead atoms. The van der Waals surface area contributed by atoms with Gasteiger partial charge in [0.1, 0.15) is 0 Å². The lowest BCUT2D eigenvalue weighted by Gasteiger charge is -2.28. The summed E-state index contributed by atoms with van der Waals surface area (Å²) in [5.41, 5.74) is 2.49. The van der Waals surface area contributed by atoms with E-state index in [1.165, 1.54) is 44.1 Å². The molecule has 0 unspecified atom stereocenters. The fourth-order valence-electron chi connectivity index (χ4n) is 3.61. The number of allylic oxidation sites excluding steroid dienone is 3. The number of hydrogen-bond donors (Lipinski definition) is 1. The molecule has 2 nitrogen and oxygen atoms in total. The van der Waals surface area contributed by atoms with Crippen molar-refractivity contribution in [3.63, 3.8) is 0 Å². The van der Waals surface area contributed by atoms with Gasteiger partial charge < -0.3 is 5.11 Å². The summed E-state index contributed by atoms with van der Waals surface area (Å²) in [6.07, 6.45) is 13.1. The molecule has 0 saturated heterocycles. The van der Waals surface area contributed by atoms with E-state index in [9.17, 15) is 9.90 Å². The van der Waals surface area contributed by atoms with Gasteiger partial charge >= 0.3 is 5.97 Å². The quantitative estimate of drug-likeness (QED) is 0.532. The summed E-state index contributed by atoms with van der Waals surface area (Å²) in [4.78, 5) is 11.4. The lowest BCUT2D eigenvalue weighted by atomic mass is 9.77. The third kappa shape index (κ3) is 4.82. The zero-order valence-electron chi connectivity index (χ0n) is 14.3. The molecule has 0 heterocycles. The maximum atomic E-state index is 11.4. The maximum absolute atomic E-state index is 11.4. The molecule has 23 heavy (non-hydrogen) atoms. The van der Waals surface area contributed by atoms with Crippen LogP contribution < -0.4 is 0 Å². The second-order valence-corrected chi connectivity index (χ2v) is 6.54. The zero-order chi connectivity index (χ0) is 16.7. The number of carboxylic acids is 1. The summed E-state index contributed by atoms with van der Waals surface area (Å²) in [7, 11) is 0. The maximum Gasteiger partial charge on any atom is 0.336 e. The lowest BCUT2D eigenvalue weighted by molar-refractivity contribution is -0.130. The smallest absolute Gasteiger partial charge is 0.336 e. The highest BCUT2D eigenvalue weighted by molar-refractivity contribution is 6.15. The molecule has 1 aliphatic carbocycles. The molecule has 2 heteroatoms. The molecule has 0 amide bonds. The van der Waals surface area contributed by atoms with Crippen molar-refractivity contribution in [3.8, 4) is 0 Å². The van der Waals surface area contributed by atoms with Gasteiger partial charge in [0.15, 0.2) is 0 Å². The first-order valence-corrected chi connectivity index (χ1v) is 8.82. The third-order valence-electron chi connectivity index (χ3n) is 4.92. The molecular formula is C21H28O2. The van der Waals surface area contributed by atoms with Crippen molar-refractivity contribution < 1.29 is 9.90 Å². The van der Waals surface area contributed by atoms with Crippen LogP contribution in [0.1, 0.15) is 69.4 Å². The van der Waals surface area contributed by atoms with Crippen molar-refractivity contribution in [3.05, 3.63) is 53.6 Å². The van der Waals surface area contributed by atoms with Crippen LogP contribution in [-0.2, 0) is 4.79 Å². The van der Waals surface area contributed by atoms with Crippen molar-refractivity contribution in [2.24, 2.45) is 5.92 Å². The van der Waals surface area contributed by atoms with Crippen LogP contribution in [0.25, 0.3) is 5.57 Å². The predicted octanol–water partition coefficient (Wildman–Crippen LogP) is 5.80. The number of hydrogen-bond acceptors (Lipinski definition) is 1. The Bertz CT molecular complexity index is 558. The number of carbonyl (C=O) groups is 1. The van der Waals surface area contributed by atoms with Gasteiger partial charge in [0, 0.05) is 0 Å². The van der Waals surface area contributed by atoms with Gasteiger partial charge in [-0.1, -0.05) is 56.2 Å². The van der Waals surface area contributed by atoms with Crippen LogP contribution >= 0.6 is 0 Å². The van der Waals surface area contributed by atoms with Gasteiger partial charge in [-0.05, 0) is 61.6 Å². The Labute approximate surface area is 139 Å². The van der Waals surface area contributed by atoms with Gasteiger partial charge in [0.05, 0.1) is 5.57 Å². The van der Waals surface area contributed by atoms with E-state index < -0.39 is 5.97 Å². The van der Waals surface area contributed by atoms with E-state index in [1.54, 1.807) is 12.2 Å². The summed E-state index contributed by atoms with van der Waals surface area (Å²) >= 11 is 0. The topological polar surface area (TPSA) is 37.3 Å². The second-order valence-electron chi connectivity index (χ2n) is 6.54. The van der Waals surface area contributed by atoms with Crippen LogP contribution in [0.4, 0.5) is 0 Å². The molecule has 0 radical (unpaired) electrons. The Kier molecular flexibility index (Phi) is 6.64. The van der Waals surface area contributed by atoms with E-state index in [-0.39, 0.29) is 0 Å². The summed E-state index contributed by atoms with van der Waals surface area (Å²) in [5.74, 6) is 0.679. The molecule has 0 atom stereocenters. The Balaban J connectivity index is 2.06. The van der Waals surface area contributed by atoms with Gasteiger partial charge in [0.25, 0.3) is 0 Å². The Morgan fingerprint density at radius 2 is 1.83 bits per heavy atom. The summed E-state index contributed by atoms with van der Waals surface area (Å²) in [6, 6.07) is 8.15. The average molecular weight is 312 g/mol. The average Bonchev–Trinajstić information content (AvgIpc) is 2.57. The summed E-state index contributed by atoms with van der Waals surface area (Å²) in [5, 5.41) is 9.35. The van der Waals surface area contributed by atoms with Crippen molar-refractivity contribution in [1.29, 1.82) is 0 Å². The minimum absolute atomic E-state index is 0.348. The molecule has 1 saturated carbocycles. The third-order valence-corrected chi connectivity index (χ3v) is 4.92. The highest BCUT2D eigenvalue weighted by atomic mass is 16.4. The zero-order valence-corrected chi connectivity index (χ0v) is 14.3. The molecular weight excluding hydrogens is 284 g/mol. The molecule has 124 valence electrons. The molecule has 1 aromatic rings. The highest BCUT2D eigenvalue weighted by Crippen LogP contribution is 2.37. The number of carboxylic acid groups (broad SMARTS) is 1. The van der Waals surface area contributed by atoms with E-state index in [4.69, 9.17) is 0 Å². The lowest BCUT2D eigenvalue weighted by Crippen LogP contribution is -2.13. The van der Waals surface area contributed by atoms with Crippen molar-refractivity contribution in [2.75, 3.05) is 0 Å². The molecule has 0 aromatic heterocycles. The van der Waals surface area contributed by atoms with Crippen molar-refractivity contribution >= 4 is 11.5 Å². The Hall–Kier alpha value is -1.83. The standard InChI is InChI=1S/C21H28O2/c1-3-5-7-20(21(22)23)19-14-12-18(13-15-19)17-10-8-16(6-4-2)9-11-17/h3,5,7,12-17H,4,6,8-11H2,1-2H3,(H,22,23). The predicted molar refractivity (Wildman–Crippen MR) is 96.5 cm³/mol. The molecule has 1 N–H and O–H groups in total. The van der Waals surface area contributed by atoms with Crippen LogP contribution in [0.2, 0.25) is 0 Å². The normalized spacial score (nSPS) is 22.4. The van der Waals surface area contributed by atoms with Gasteiger partial charge in [-0.3, -0.25) is 0 Å². The number of aliphatic carboxylic acids is 1. The van der Waals surface area contributed by atoms with Crippen LogP contribution in [0.3, 0.4) is 0 Å². The highest BCUT2D eigenvalue weighted by Gasteiger charge is 2.22. The Morgan fingerprint density at radius 1 is 1.17 bits per heavy atom. The van der Waals surface area contributed by atoms with Gasteiger partial charge in [-0.25, -0.2) is 4.79 Å². The van der Waals surface area contributed by atoms with Crippen LogP contribution in [0.5, 0.6) is 0 Å². The van der Waals surface area contributed by atoms with E-state index in [0.717, 1.165) is 11.5 Å². The Morgan fingerprint density at radius 3 is 2.35 bits per heavy atom. The van der Waals surface area contributed by atoms with Crippen LogP contribution in [0, 0.1) is 5.92 Å². The number of rotatable bonds is 6. The van der Waals surface area contributed by atoms with Crippen LogP contribution in [-0.4, -0.2) is 11.1 Å². The van der Waals surface area contributed by atoms with Crippen molar-refractivity contribution in [2.45, 2.75) is 58.3 Å². The number of benzene rings is 1. The molecule has 2 rings (SSSR count). The van der Waals surface area contributed by atoms with E-state index in [2.05, 4.69) is 19.1 Å². The fourth-order valence-corrected chi connectivity index (χ4v) is 3.61. The first-order chi connectivity index (χ1) is 11.2. The van der Waals surface area contributed by atoms with Crippen LogP contribution in [0.15, 0.2) is 42.5 Å². The van der Waals surface area contributed by atoms with Gasteiger partial charge in [-0.2, -0.15) is 0 Å². The molecule has 1 aromatic carbocycles. The minimum atomic E-state index is -0.879. The fraction of sp³-hybridized carbons (Fsp3) is 0.476. The van der Waals surface area contributed by atoms with E-state index in [0.29, 0.717) is 11.5 Å². The van der Waals surface area contributed by atoms with E-state index >= 15 is 0 Å². The minimum Gasteiger partial charge on any atom is -0.478 e. The molecule has 1 fully saturated rings.